The zero-order valence-electron chi connectivity index (χ0n) is 13.6. The van der Waals surface area contributed by atoms with Crippen molar-refractivity contribution in [3.05, 3.63) is 68.3 Å². The summed E-state index contributed by atoms with van der Waals surface area (Å²) in [5, 5.41) is 1.74. The van der Waals surface area contributed by atoms with E-state index in [0.717, 1.165) is 10.9 Å². The molecule has 132 valence electrons. The summed E-state index contributed by atoms with van der Waals surface area (Å²) in [7, 11) is 0. The van der Waals surface area contributed by atoms with E-state index < -0.39 is 11.4 Å². The van der Waals surface area contributed by atoms with Gasteiger partial charge in [-0.1, -0.05) is 40.9 Å². The van der Waals surface area contributed by atoms with Gasteiger partial charge in [0.15, 0.2) is 5.65 Å². The van der Waals surface area contributed by atoms with Crippen LogP contribution < -0.4 is 11.4 Å². The molecule has 3 aromatic rings. The first-order valence-corrected chi connectivity index (χ1v) is 9.21. The van der Waals surface area contributed by atoms with Gasteiger partial charge in [0.1, 0.15) is 10.5 Å². The number of fused-ring (bicyclic) bond motifs is 1. The van der Waals surface area contributed by atoms with E-state index in [1.165, 1.54) is 29.8 Å². The van der Waals surface area contributed by atoms with Crippen LogP contribution in [0.4, 0.5) is 0 Å². The molecule has 8 heteroatoms. The van der Waals surface area contributed by atoms with Gasteiger partial charge in [-0.15, -0.1) is 0 Å². The summed E-state index contributed by atoms with van der Waals surface area (Å²) in [5.74, 6) is -0.755. The first-order valence-electron chi connectivity index (χ1n) is 7.72. The second-order valence-electron chi connectivity index (χ2n) is 5.15. The van der Waals surface area contributed by atoms with Gasteiger partial charge in [-0.05, 0) is 36.2 Å². The van der Waals surface area contributed by atoms with Gasteiger partial charge in [0.25, 0.3) is 0 Å². The molecule has 25 heavy (non-hydrogen) atoms. The van der Waals surface area contributed by atoms with Crippen LogP contribution in [0, 0.1) is 0 Å². The fourth-order valence-electron chi connectivity index (χ4n) is 2.04. The fraction of sp³-hybridized carbons (Fsp3) is 0.294. The smallest absolute Gasteiger partial charge is 0.372 e. The maximum Gasteiger partial charge on any atom is 0.423 e. The van der Waals surface area contributed by atoms with Crippen LogP contribution in [0.3, 0.4) is 0 Å². The molecule has 0 aliphatic heterocycles. The van der Waals surface area contributed by atoms with E-state index in [1.54, 1.807) is 24.3 Å². The van der Waals surface area contributed by atoms with Crippen molar-refractivity contribution in [3.63, 3.8) is 0 Å². The number of pyridine rings is 2. The normalized spacial score (nSPS) is 10.4. The second kappa shape index (κ2) is 9.48. The first kappa shape index (κ1) is 19.3. The minimum Gasteiger partial charge on any atom is -0.372 e. The summed E-state index contributed by atoms with van der Waals surface area (Å²) in [6.45, 7) is 2.37. The lowest BCUT2D eigenvalue weighted by molar-refractivity contribution is 0.423. The first-order chi connectivity index (χ1) is 12.1. The van der Waals surface area contributed by atoms with Crippen LogP contribution >= 0.6 is 27.5 Å². The van der Waals surface area contributed by atoms with Crippen LogP contribution in [-0.2, 0) is 6.54 Å². The third kappa shape index (κ3) is 5.24. The fourth-order valence-corrected chi connectivity index (χ4v) is 2.80. The number of unbranched alkanes of at least 4 members (excludes halogenated alkanes) is 1. The van der Waals surface area contributed by atoms with Gasteiger partial charge in [0.05, 0.1) is 6.54 Å². The monoisotopic (exact) mass is 425 g/mol. The van der Waals surface area contributed by atoms with Gasteiger partial charge in [-0.2, -0.15) is 0 Å². The molecule has 0 fully saturated rings. The van der Waals surface area contributed by atoms with Gasteiger partial charge in [0, 0.05) is 17.7 Å². The van der Waals surface area contributed by atoms with Crippen molar-refractivity contribution in [1.82, 2.24) is 14.5 Å². The molecule has 0 aliphatic rings. The van der Waals surface area contributed by atoms with Crippen LogP contribution in [0.15, 0.2) is 50.7 Å². The lowest BCUT2D eigenvalue weighted by Crippen LogP contribution is -2.26. The molecule has 0 saturated heterocycles. The molecule has 0 atom stereocenters. The Morgan fingerprint density at radius 3 is 2.68 bits per heavy atom. The number of aromatic nitrogens is 3. The molecule has 0 saturated carbocycles. The highest BCUT2D eigenvalue weighted by Gasteiger charge is 2.10. The van der Waals surface area contributed by atoms with Crippen molar-refractivity contribution >= 4 is 38.6 Å². The molecular weight excluding hydrogens is 410 g/mol. The van der Waals surface area contributed by atoms with Crippen molar-refractivity contribution in [1.29, 1.82) is 0 Å². The summed E-state index contributed by atoms with van der Waals surface area (Å²) in [6.07, 6.45) is 5.65. The van der Waals surface area contributed by atoms with Crippen molar-refractivity contribution in [3.8, 4) is 0 Å². The predicted octanol–water partition coefficient (Wildman–Crippen LogP) is 3.63. The predicted molar refractivity (Wildman–Crippen MR) is 102 cm³/mol. The molecule has 6 nitrogen and oxygen atoms in total. The van der Waals surface area contributed by atoms with Crippen LogP contribution in [0.5, 0.6) is 0 Å². The molecular formula is C17H17BrClN3O3. The SMILES string of the molecule is CCCCBr.O=c1oc(=O)n(Cc2ccnc(Cl)c2)c2ncccc12. The topological polar surface area (TPSA) is 78.0 Å². The summed E-state index contributed by atoms with van der Waals surface area (Å²) >= 11 is 9.12. The maximum absolute atomic E-state index is 11.9. The summed E-state index contributed by atoms with van der Waals surface area (Å²) < 4.78 is 5.97. The molecule has 0 aliphatic carbocycles. The van der Waals surface area contributed by atoms with Gasteiger partial charge in [0.2, 0.25) is 0 Å². The van der Waals surface area contributed by atoms with Gasteiger partial charge < -0.3 is 4.42 Å². The Labute approximate surface area is 157 Å². The van der Waals surface area contributed by atoms with E-state index in [4.69, 9.17) is 11.6 Å². The lowest BCUT2D eigenvalue weighted by atomic mass is 10.2. The summed E-state index contributed by atoms with van der Waals surface area (Å²) in [4.78, 5) is 31.4. The quantitative estimate of drug-likeness (QED) is 0.470. The molecule has 0 N–H and O–H groups in total. The average Bonchev–Trinajstić information content (AvgIpc) is 2.60. The van der Waals surface area contributed by atoms with E-state index >= 15 is 0 Å². The molecule has 0 aromatic carbocycles. The van der Waals surface area contributed by atoms with Gasteiger partial charge in [-0.3, -0.25) is 4.57 Å². The molecule has 0 amide bonds. The van der Waals surface area contributed by atoms with Crippen molar-refractivity contribution in [2.45, 2.75) is 26.3 Å². The highest BCUT2D eigenvalue weighted by molar-refractivity contribution is 9.09. The van der Waals surface area contributed by atoms with E-state index in [9.17, 15) is 9.59 Å². The lowest BCUT2D eigenvalue weighted by Gasteiger charge is -2.07. The standard InChI is InChI=1S/C13H8ClN3O3.C4H9Br/c14-10-6-8(3-5-15-10)7-17-11-9(2-1-4-16-11)12(18)20-13(17)19;1-2-3-4-5/h1-6H,7H2;2-4H2,1H3. The Morgan fingerprint density at radius 1 is 1.24 bits per heavy atom. The van der Waals surface area contributed by atoms with Crippen LogP contribution in [-0.4, -0.2) is 19.9 Å². The Morgan fingerprint density at radius 2 is 2.04 bits per heavy atom. The summed E-state index contributed by atoms with van der Waals surface area (Å²) in [6, 6.07) is 6.52. The van der Waals surface area contributed by atoms with E-state index in [1.807, 2.05) is 0 Å². The number of hydrogen-bond acceptors (Lipinski definition) is 5. The molecule has 3 rings (SSSR count). The summed E-state index contributed by atoms with van der Waals surface area (Å²) in [5.41, 5.74) is 0.344. The zero-order valence-corrected chi connectivity index (χ0v) is 16.0. The number of halogens is 2. The minimum absolute atomic E-state index is 0.193. The number of nitrogens with zero attached hydrogens (tertiary/aromatic N) is 3. The number of hydrogen-bond donors (Lipinski definition) is 0. The average molecular weight is 427 g/mol. The number of alkyl halides is 1. The molecule has 0 radical (unpaired) electrons. The minimum atomic E-state index is -0.755. The van der Waals surface area contributed by atoms with Crippen molar-refractivity contribution < 1.29 is 4.42 Å². The van der Waals surface area contributed by atoms with Crippen LogP contribution in [0.1, 0.15) is 25.3 Å². The molecule has 3 aromatic heterocycles. The van der Waals surface area contributed by atoms with Crippen LogP contribution in [0.2, 0.25) is 5.15 Å². The highest BCUT2D eigenvalue weighted by Crippen LogP contribution is 2.10. The zero-order chi connectivity index (χ0) is 18.2. The molecule has 3 heterocycles. The van der Waals surface area contributed by atoms with Gasteiger partial charge >= 0.3 is 11.4 Å². The number of rotatable bonds is 4. The molecule has 0 unspecified atom stereocenters. The van der Waals surface area contributed by atoms with E-state index in [0.29, 0.717) is 5.15 Å². The largest absolute Gasteiger partial charge is 0.423 e. The van der Waals surface area contributed by atoms with Gasteiger partial charge in [-0.25, -0.2) is 19.6 Å². The maximum atomic E-state index is 11.9. The van der Waals surface area contributed by atoms with Crippen molar-refractivity contribution in [2.75, 3.05) is 5.33 Å². The van der Waals surface area contributed by atoms with E-state index in [-0.39, 0.29) is 17.6 Å². The third-order valence-corrected chi connectivity index (χ3v) is 4.05. The molecule has 0 bridgehead atoms. The molecule has 0 spiro atoms. The Balaban J connectivity index is 0.000000399. The Hall–Kier alpha value is -1.99. The third-order valence-electron chi connectivity index (χ3n) is 3.28. The van der Waals surface area contributed by atoms with Crippen molar-refractivity contribution in [2.24, 2.45) is 0 Å². The second-order valence-corrected chi connectivity index (χ2v) is 6.33. The van der Waals surface area contributed by atoms with E-state index in [2.05, 4.69) is 37.2 Å². The Bertz CT molecular complexity index is 954. The Kier molecular flexibility index (Phi) is 7.33. The van der Waals surface area contributed by atoms with Crippen LogP contribution in [0.25, 0.3) is 11.0 Å². The highest BCUT2D eigenvalue weighted by atomic mass is 79.9.